The Bertz CT molecular complexity index is 191. The fourth-order valence-corrected chi connectivity index (χ4v) is 0.803. The Hall–Kier alpha value is -0.830. The maximum atomic E-state index is 4.14. The molecular weight excluding hydrogens is 138 g/mol. The van der Waals surface area contributed by atoms with E-state index in [0.717, 1.165) is 12.4 Å². The number of aromatic nitrogens is 2. The maximum Gasteiger partial charge on any atom is 0.120 e. The lowest BCUT2D eigenvalue weighted by Gasteiger charge is -2.19. The highest BCUT2D eigenvalue weighted by molar-refractivity contribution is 4.86. The zero-order chi connectivity index (χ0) is 8.27. The molecule has 1 rings (SSSR count). The molecule has 0 saturated carbocycles. The topological polar surface area (TPSA) is 31.9 Å². The van der Waals surface area contributed by atoms with Crippen LogP contribution in [0.2, 0.25) is 0 Å². The molecule has 11 heavy (non-hydrogen) atoms. The first-order valence-corrected chi connectivity index (χ1v) is 3.88. The van der Waals surface area contributed by atoms with Gasteiger partial charge in [-0.2, -0.15) is 0 Å². The fraction of sp³-hybridized carbons (Fsp3) is 0.625. The predicted octanol–water partition coefficient (Wildman–Crippen LogP) is 1.25. The van der Waals surface area contributed by atoms with Crippen LogP contribution in [-0.4, -0.2) is 28.0 Å². The molecule has 0 aliphatic heterocycles. The van der Waals surface area contributed by atoms with Gasteiger partial charge in [-0.05, 0) is 20.9 Å². The lowest BCUT2D eigenvalue weighted by Crippen LogP contribution is -2.26. The number of hydrogen-bond donors (Lipinski definition) is 1. The second kappa shape index (κ2) is 3.53. The first kappa shape index (κ1) is 8.27. The van der Waals surface area contributed by atoms with Crippen molar-refractivity contribution in [1.82, 2.24) is 14.9 Å². The number of rotatable bonds is 3. The smallest absolute Gasteiger partial charge is 0.120 e. The van der Waals surface area contributed by atoms with Crippen LogP contribution in [0.5, 0.6) is 0 Å². The third-order valence-electron chi connectivity index (χ3n) is 1.84. The van der Waals surface area contributed by atoms with Crippen LogP contribution < -0.4 is 0 Å². The Labute approximate surface area is 67.4 Å². The normalized spacial score (nSPS) is 11.4. The molecule has 3 nitrogen and oxygen atoms in total. The van der Waals surface area contributed by atoms with Gasteiger partial charge in [0.15, 0.2) is 0 Å². The van der Waals surface area contributed by atoms with Crippen molar-refractivity contribution in [2.45, 2.75) is 26.4 Å². The number of nitrogens with zero attached hydrogens (tertiary/aromatic N) is 2. The Morgan fingerprint density at radius 3 is 2.82 bits per heavy atom. The molecule has 0 radical (unpaired) electrons. The quantitative estimate of drug-likeness (QED) is 0.708. The number of nitrogens with one attached hydrogen (secondary N) is 1. The van der Waals surface area contributed by atoms with E-state index in [2.05, 4.69) is 35.8 Å². The lowest BCUT2D eigenvalue weighted by molar-refractivity contribution is 0.260. The van der Waals surface area contributed by atoms with Gasteiger partial charge in [-0.15, -0.1) is 0 Å². The van der Waals surface area contributed by atoms with Crippen LogP contribution in [0.15, 0.2) is 12.4 Å². The van der Waals surface area contributed by atoms with Gasteiger partial charge in [-0.1, -0.05) is 0 Å². The molecule has 0 spiro atoms. The van der Waals surface area contributed by atoms with Gasteiger partial charge in [0, 0.05) is 18.4 Å². The van der Waals surface area contributed by atoms with E-state index in [-0.39, 0.29) is 0 Å². The molecule has 62 valence electrons. The Morgan fingerprint density at radius 1 is 1.64 bits per heavy atom. The van der Waals surface area contributed by atoms with Crippen LogP contribution in [0.1, 0.15) is 19.7 Å². The van der Waals surface area contributed by atoms with Crippen molar-refractivity contribution in [3.63, 3.8) is 0 Å². The Kier molecular flexibility index (Phi) is 2.65. The van der Waals surface area contributed by atoms with Crippen molar-refractivity contribution < 1.29 is 0 Å². The lowest BCUT2D eigenvalue weighted by atomic mass is 10.3. The van der Waals surface area contributed by atoms with Crippen LogP contribution >= 0.6 is 0 Å². The van der Waals surface area contributed by atoms with Crippen molar-refractivity contribution in [2.24, 2.45) is 0 Å². The molecule has 1 N–H and O–H groups in total. The summed E-state index contributed by atoms with van der Waals surface area (Å²) < 4.78 is 0. The average molecular weight is 153 g/mol. The third-order valence-corrected chi connectivity index (χ3v) is 1.84. The largest absolute Gasteiger partial charge is 0.348 e. The molecular formula is C8H15N3. The summed E-state index contributed by atoms with van der Waals surface area (Å²) in [6, 6.07) is 0.570. The molecule has 0 unspecified atom stereocenters. The van der Waals surface area contributed by atoms with E-state index in [1.807, 2.05) is 6.20 Å². The second-order valence-corrected chi connectivity index (χ2v) is 3.04. The van der Waals surface area contributed by atoms with Gasteiger partial charge in [0.25, 0.3) is 0 Å². The molecule has 0 saturated heterocycles. The minimum absolute atomic E-state index is 0.570. The van der Waals surface area contributed by atoms with E-state index in [1.54, 1.807) is 6.20 Å². The summed E-state index contributed by atoms with van der Waals surface area (Å²) in [4.78, 5) is 9.45. The van der Waals surface area contributed by atoms with Crippen molar-refractivity contribution in [3.8, 4) is 0 Å². The van der Waals surface area contributed by atoms with Crippen LogP contribution in [0.3, 0.4) is 0 Å². The first-order valence-electron chi connectivity index (χ1n) is 3.88. The first-order chi connectivity index (χ1) is 5.20. The summed E-state index contributed by atoms with van der Waals surface area (Å²) in [6.45, 7) is 5.23. The summed E-state index contributed by atoms with van der Waals surface area (Å²) in [5.41, 5.74) is 0. The van der Waals surface area contributed by atoms with Crippen molar-refractivity contribution in [1.29, 1.82) is 0 Å². The molecule has 0 aliphatic carbocycles. The van der Waals surface area contributed by atoms with Gasteiger partial charge in [-0.3, -0.25) is 4.90 Å². The van der Waals surface area contributed by atoms with Crippen LogP contribution in [0.25, 0.3) is 0 Å². The minimum atomic E-state index is 0.570. The summed E-state index contributed by atoms with van der Waals surface area (Å²) >= 11 is 0. The summed E-state index contributed by atoms with van der Waals surface area (Å²) in [7, 11) is 2.09. The van der Waals surface area contributed by atoms with E-state index in [9.17, 15) is 0 Å². The number of imidazole rings is 1. The van der Waals surface area contributed by atoms with E-state index in [4.69, 9.17) is 0 Å². The summed E-state index contributed by atoms with van der Waals surface area (Å²) in [5, 5.41) is 0. The molecule has 1 heterocycles. The molecule has 0 bridgehead atoms. The van der Waals surface area contributed by atoms with Gasteiger partial charge in [0.1, 0.15) is 5.82 Å². The van der Waals surface area contributed by atoms with Crippen molar-refractivity contribution in [2.75, 3.05) is 7.05 Å². The van der Waals surface area contributed by atoms with Gasteiger partial charge in [-0.25, -0.2) is 4.98 Å². The fourth-order valence-electron chi connectivity index (χ4n) is 0.803. The van der Waals surface area contributed by atoms with E-state index in [0.29, 0.717) is 6.04 Å². The highest BCUT2D eigenvalue weighted by atomic mass is 15.1. The molecule has 0 amide bonds. The Morgan fingerprint density at radius 2 is 2.36 bits per heavy atom. The zero-order valence-electron chi connectivity index (χ0n) is 7.33. The average Bonchev–Trinajstić information content (AvgIpc) is 2.39. The number of H-pyrrole nitrogens is 1. The van der Waals surface area contributed by atoms with Crippen LogP contribution in [0.4, 0.5) is 0 Å². The van der Waals surface area contributed by atoms with Gasteiger partial charge in [0.05, 0.1) is 6.54 Å². The molecule has 0 aliphatic rings. The number of hydrogen-bond acceptors (Lipinski definition) is 2. The summed E-state index contributed by atoms with van der Waals surface area (Å²) in [6.07, 6.45) is 3.63. The molecule has 1 aromatic heterocycles. The van der Waals surface area contributed by atoms with Gasteiger partial charge in [0.2, 0.25) is 0 Å². The molecule has 1 aromatic rings. The zero-order valence-corrected chi connectivity index (χ0v) is 7.33. The monoisotopic (exact) mass is 153 g/mol. The molecule has 0 fully saturated rings. The highest BCUT2D eigenvalue weighted by Gasteiger charge is 2.04. The standard InChI is InChI=1S/C8H15N3/c1-7(2)11(3)6-8-9-4-5-10-8/h4-5,7H,6H2,1-3H3,(H,9,10). The van der Waals surface area contributed by atoms with E-state index >= 15 is 0 Å². The minimum Gasteiger partial charge on any atom is -0.348 e. The van der Waals surface area contributed by atoms with Gasteiger partial charge < -0.3 is 4.98 Å². The second-order valence-electron chi connectivity index (χ2n) is 3.04. The maximum absolute atomic E-state index is 4.14. The molecule has 0 atom stereocenters. The predicted molar refractivity (Wildman–Crippen MR) is 45.2 cm³/mol. The van der Waals surface area contributed by atoms with Gasteiger partial charge >= 0.3 is 0 Å². The third kappa shape index (κ3) is 2.35. The Balaban J connectivity index is 2.43. The molecule has 3 heteroatoms. The van der Waals surface area contributed by atoms with Crippen LogP contribution in [0, 0.1) is 0 Å². The van der Waals surface area contributed by atoms with Crippen molar-refractivity contribution >= 4 is 0 Å². The van der Waals surface area contributed by atoms with E-state index in [1.165, 1.54) is 0 Å². The van der Waals surface area contributed by atoms with Crippen LogP contribution in [-0.2, 0) is 6.54 Å². The van der Waals surface area contributed by atoms with Crippen molar-refractivity contribution in [3.05, 3.63) is 18.2 Å². The number of aromatic amines is 1. The molecule has 0 aromatic carbocycles. The van der Waals surface area contributed by atoms with E-state index < -0.39 is 0 Å². The summed E-state index contributed by atoms with van der Waals surface area (Å²) in [5.74, 6) is 1.03. The highest BCUT2D eigenvalue weighted by Crippen LogP contribution is 1.99. The SMILES string of the molecule is CC(C)N(C)Cc1ncc[nH]1.